The summed E-state index contributed by atoms with van der Waals surface area (Å²) in [5.41, 5.74) is -0.521. The van der Waals surface area contributed by atoms with Crippen molar-refractivity contribution in [3.63, 3.8) is 0 Å². The first-order chi connectivity index (χ1) is 9.49. The van der Waals surface area contributed by atoms with Gasteiger partial charge in [-0.1, -0.05) is 0 Å². The van der Waals surface area contributed by atoms with Crippen LogP contribution in [0.2, 0.25) is 0 Å². The third kappa shape index (κ3) is 3.09. The molecule has 1 atom stereocenters. The number of nitro groups is 1. The van der Waals surface area contributed by atoms with Crippen LogP contribution in [-0.2, 0) is 0 Å². The van der Waals surface area contributed by atoms with Crippen LogP contribution in [0, 0.1) is 21.7 Å². The van der Waals surface area contributed by atoms with Crippen molar-refractivity contribution in [3.8, 4) is 0 Å². The second-order valence-corrected chi connectivity index (χ2v) is 4.77. The Kier molecular flexibility index (Phi) is 4.26. The first-order valence-electron chi connectivity index (χ1n) is 5.56. The molecule has 1 aromatic carbocycles. The second kappa shape index (κ2) is 5.93. The van der Waals surface area contributed by atoms with E-state index in [0.29, 0.717) is 11.6 Å². The summed E-state index contributed by atoms with van der Waals surface area (Å²) in [4.78, 5) is 9.83. The zero-order chi connectivity index (χ0) is 14.7. The molecule has 0 aliphatic rings. The Hall–Kier alpha value is -2.06. The van der Waals surface area contributed by atoms with E-state index in [0.717, 1.165) is 6.07 Å². The summed E-state index contributed by atoms with van der Waals surface area (Å²) in [5, 5.41) is 26.6. The second-order valence-electron chi connectivity index (χ2n) is 3.99. The van der Waals surface area contributed by atoms with E-state index in [-0.39, 0.29) is 12.2 Å². The number of benzene rings is 1. The van der Waals surface area contributed by atoms with Crippen molar-refractivity contribution in [2.75, 3.05) is 11.9 Å². The van der Waals surface area contributed by atoms with Crippen LogP contribution in [-0.4, -0.2) is 16.6 Å². The lowest BCUT2D eigenvalue weighted by molar-refractivity contribution is -0.386. The van der Waals surface area contributed by atoms with Gasteiger partial charge in [0.25, 0.3) is 0 Å². The molecule has 0 aliphatic carbocycles. The van der Waals surface area contributed by atoms with Crippen molar-refractivity contribution < 1.29 is 18.8 Å². The number of rotatable bonds is 5. The molecule has 0 amide bonds. The molecule has 2 N–H and O–H groups in total. The van der Waals surface area contributed by atoms with Crippen molar-refractivity contribution in [1.29, 1.82) is 0 Å². The highest BCUT2D eigenvalue weighted by Crippen LogP contribution is 2.29. The maximum absolute atomic E-state index is 13.4. The van der Waals surface area contributed by atoms with Crippen molar-refractivity contribution in [1.82, 2.24) is 0 Å². The maximum Gasteiger partial charge on any atom is 0.327 e. The van der Waals surface area contributed by atoms with Gasteiger partial charge in [-0.15, -0.1) is 0 Å². The summed E-state index contributed by atoms with van der Waals surface area (Å²) in [7, 11) is 0. The highest BCUT2D eigenvalue weighted by molar-refractivity contribution is 7.07. The molecule has 0 spiro atoms. The molecule has 8 heteroatoms. The van der Waals surface area contributed by atoms with Gasteiger partial charge >= 0.3 is 5.69 Å². The van der Waals surface area contributed by atoms with E-state index in [1.807, 2.05) is 0 Å². The molecule has 0 saturated carbocycles. The van der Waals surface area contributed by atoms with Crippen LogP contribution in [0.3, 0.4) is 0 Å². The fourth-order valence-corrected chi connectivity index (χ4v) is 2.38. The first-order valence-corrected chi connectivity index (χ1v) is 6.50. The topological polar surface area (TPSA) is 75.4 Å². The number of nitro benzene ring substituents is 1. The third-order valence-corrected chi connectivity index (χ3v) is 3.33. The Labute approximate surface area is 116 Å². The minimum atomic E-state index is -1.26. The van der Waals surface area contributed by atoms with Gasteiger partial charge in [0.2, 0.25) is 5.82 Å². The zero-order valence-corrected chi connectivity index (χ0v) is 10.9. The van der Waals surface area contributed by atoms with Gasteiger partial charge in [-0.05, 0) is 22.4 Å². The van der Waals surface area contributed by atoms with Gasteiger partial charge in [0.05, 0.1) is 11.0 Å². The Balaban J connectivity index is 2.19. The van der Waals surface area contributed by atoms with E-state index in [1.165, 1.54) is 11.3 Å². The molecule has 0 saturated heterocycles. The average Bonchev–Trinajstić information content (AvgIpc) is 2.88. The van der Waals surface area contributed by atoms with Crippen molar-refractivity contribution in [2.45, 2.75) is 6.10 Å². The standard InChI is InChI=1S/C12H10F2N2O3S/c13-8-3-9(14)12(16(18)19)10(4-8)15-5-11(17)7-1-2-20-6-7/h1-4,6,11,15,17H,5H2. The van der Waals surface area contributed by atoms with Gasteiger partial charge < -0.3 is 10.4 Å². The summed E-state index contributed by atoms with van der Waals surface area (Å²) in [6.07, 6.45) is -0.924. The van der Waals surface area contributed by atoms with Gasteiger partial charge in [-0.25, -0.2) is 4.39 Å². The molecule has 106 valence electrons. The molecular formula is C12H10F2N2O3S. The third-order valence-electron chi connectivity index (χ3n) is 2.62. The summed E-state index contributed by atoms with van der Waals surface area (Å²) >= 11 is 1.39. The van der Waals surface area contributed by atoms with E-state index in [4.69, 9.17) is 0 Å². The molecular weight excluding hydrogens is 290 g/mol. The SMILES string of the molecule is O=[N+]([O-])c1c(F)cc(F)cc1NCC(O)c1ccsc1. The molecule has 1 aromatic heterocycles. The predicted octanol–water partition coefficient (Wildman–Crippen LogP) is 3.08. The normalized spacial score (nSPS) is 12.2. The smallest absolute Gasteiger partial charge is 0.327 e. The lowest BCUT2D eigenvalue weighted by Gasteiger charge is -2.12. The van der Waals surface area contributed by atoms with Gasteiger partial charge in [-0.2, -0.15) is 15.7 Å². The molecule has 0 aliphatic heterocycles. The Bertz CT molecular complexity index is 619. The van der Waals surface area contributed by atoms with Crippen molar-refractivity contribution >= 4 is 22.7 Å². The monoisotopic (exact) mass is 300 g/mol. The summed E-state index contributed by atoms with van der Waals surface area (Å²) in [5.74, 6) is -2.19. The van der Waals surface area contributed by atoms with Crippen LogP contribution in [0.25, 0.3) is 0 Å². The number of aliphatic hydroxyl groups is 1. The summed E-state index contributed by atoms with van der Waals surface area (Å²) < 4.78 is 26.5. The summed E-state index contributed by atoms with van der Waals surface area (Å²) in [6.45, 7) is -0.0968. The van der Waals surface area contributed by atoms with E-state index in [2.05, 4.69) is 5.32 Å². The molecule has 5 nitrogen and oxygen atoms in total. The zero-order valence-electron chi connectivity index (χ0n) is 10.0. The van der Waals surface area contributed by atoms with Gasteiger partial charge in [-0.3, -0.25) is 10.1 Å². The Morgan fingerprint density at radius 2 is 2.20 bits per heavy atom. The largest absolute Gasteiger partial charge is 0.387 e. The van der Waals surface area contributed by atoms with Crippen LogP contribution >= 0.6 is 11.3 Å². The van der Waals surface area contributed by atoms with Crippen LogP contribution < -0.4 is 5.32 Å². The van der Waals surface area contributed by atoms with Crippen LogP contribution in [0.15, 0.2) is 29.0 Å². The Morgan fingerprint density at radius 3 is 2.80 bits per heavy atom. The van der Waals surface area contributed by atoms with E-state index < -0.39 is 28.3 Å². The number of nitrogens with one attached hydrogen (secondary N) is 1. The average molecular weight is 300 g/mol. The van der Waals surface area contributed by atoms with E-state index >= 15 is 0 Å². The highest BCUT2D eigenvalue weighted by atomic mass is 32.1. The number of hydrogen-bond acceptors (Lipinski definition) is 5. The first kappa shape index (κ1) is 14.4. The lowest BCUT2D eigenvalue weighted by atomic mass is 10.2. The Morgan fingerprint density at radius 1 is 1.45 bits per heavy atom. The molecule has 0 bridgehead atoms. The molecule has 20 heavy (non-hydrogen) atoms. The summed E-state index contributed by atoms with van der Waals surface area (Å²) in [6, 6.07) is 2.96. The number of thiophene rings is 1. The number of anilines is 1. The fraction of sp³-hybridized carbons (Fsp3) is 0.167. The van der Waals surface area contributed by atoms with Crippen LogP contribution in [0.5, 0.6) is 0 Å². The molecule has 2 rings (SSSR count). The van der Waals surface area contributed by atoms with E-state index in [9.17, 15) is 24.0 Å². The number of aliphatic hydroxyl groups excluding tert-OH is 1. The molecule has 1 heterocycles. The molecule has 0 radical (unpaired) electrons. The molecule has 0 fully saturated rings. The number of nitrogens with zero attached hydrogens (tertiary/aromatic N) is 1. The van der Waals surface area contributed by atoms with Crippen LogP contribution in [0.4, 0.5) is 20.2 Å². The predicted molar refractivity (Wildman–Crippen MR) is 70.8 cm³/mol. The molecule has 2 aromatic rings. The van der Waals surface area contributed by atoms with Crippen molar-refractivity contribution in [2.24, 2.45) is 0 Å². The van der Waals surface area contributed by atoms with Gasteiger partial charge in [0.15, 0.2) is 0 Å². The number of halogens is 2. The minimum Gasteiger partial charge on any atom is -0.387 e. The van der Waals surface area contributed by atoms with E-state index in [1.54, 1.807) is 16.8 Å². The van der Waals surface area contributed by atoms with Crippen molar-refractivity contribution in [3.05, 3.63) is 56.3 Å². The lowest BCUT2D eigenvalue weighted by Crippen LogP contribution is -2.13. The quantitative estimate of drug-likeness (QED) is 0.657. The highest BCUT2D eigenvalue weighted by Gasteiger charge is 2.22. The van der Waals surface area contributed by atoms with Crippen LogP contribution in [0.1, 0.15) is 11.7 Å². The van der Waals surface area contributed by atoms with Gasteiger partial charge in [0.1, 0.15) is 11.5 Å². The number of hydrogen-bond donors (Lipinski definition) is 2. The maximum atomic E-state index is 13.4. The fourth-order valence-electron chi connectivity index (χ4n) is 1.68. The van der Waals surface area contributed by atoms with Gasteiger partial charge in [0, 0.05) is 18.7 Å². The molecule has 1 unspecified atom stereocenters. The minimum absolute atomic E-state index is 0.0968.